The first kappa shape index (κ1) is 57.0. The number of anilines is 1. The fourth-order valence-corrected chi connectivity index (χ4v) is 10.3. The molecule has 0 bridgehead atoms. The summed E-state index contributed by atoms with van der Waals surface area (Å²) in [6.45, 7) is 1.32. The molecule has 9 rings (SSSR count). The number of ketones is 1. The lowest BCUT2D eigenvalue weighted by Gasteiger charge is -2.39. The number of imide groups is 1. The Morgan fingerprint density at radius 2 is 1.64 bits per heavy atom. The molecule has 5 heterocycles. The number of nitrogens with one attached hydrogen (secondary N) is 1. The van der Waals surface area contributed by atoms with Gasteiger partial charge in [0.25, 0.3) is 23.6 Å². The van der Waals surface area contributed by atoms with Crippen LogP contribution in [0.4, 0.5) is 5.69 Å². The number of aromatic hydroxyl groups is 1. The van der Waals surface area contributed by atoms with Crippen molar-refractivity contribution in [1.82, 2.24) is 29.8 Å². The summed E-state index contributed by atoms with van der Waals surface area (Å²) in [5.74, 6) is -4.27. The molecule has 3 aliphatic heterocycles. The smallest absolute Gasteiger partial charge is 0.501 e. The van der Waals surface area contributed by atoms with E-state index in [-0.39, 0.29) is 97.9 Å². The van der Waals surface area contributed by atoms with E-state index in [0.717, 1.165) is 17.0 Å². The van der Waals surface area contributed by atoms with Gasteiger partial charge in [0.2, 0.25) is 6.29 Å². The number of fused-ring (bicyclic) bond motifs is 4. The van der Waals surface area contributed by atoms with Crippen LogP contribution in [-0.2, 0) is 47.4 Å². The van der Waals surface area contributed by atoms with Crippen LogP contribution >= 0.6 is 11.6 Å². The number of phenolic OH excluding ortho intramolecular Hbond substituents is 1. The molecule has 0 aliphatic carbocycles. The third-order valence-electron chi connectivity index (χ3n) is 13.5. The number of halogens is 1. The number of methoxy groups -OCH3 is 1. The fraction of sp³-hybridized carbons (Fsp3) is 0.365. The molecule has 6 atom stereocenters. The molecule has 0 saturated carbocycles. The van der Waals surface area contributed by atoms with Gasteiger partial charge in [-0.15, -0.1) is 25.1 Å². The van der Waals surface area contributed by atoms with Gasteiger partial charge < -0.3 is 72.4 Å². The van der Waals surface area contributed by atoms with Crippen LogP contribution in [0.25, 0.3) is 21.7 Å². The van der Waals surface area contributed by atoms with Gasteiger partial charge in [0.15, 0.2) is 23.0 Å². The number of nitrogens with zero attached hydrogens (tertiary/aromatic N) is 6. The Bertz CT molecular complexity index is 3500. The van der Waals surface area contributed by atoms with E-state index in [1.807, 2.05) is 0 Å². The zero-order chi connectivity index (χ0) is 57.2. The van der Waals surface area contributed by atoms with Gasteiger partial charge in [-0.25, -0.2) is 4.68 Å². The van der Waals surface area contributed by atoms with Crippen molar-refractivity contribution < 1.29 is 90.0 Å². The molecule has 26 nitrogen and oxygen atoms in total. The maximum atomic E-state index is 14.5. The van der Waals surface area contributed by atoms with E-state index >= 15 is 0 Å². The van der Waals surface area contributed by atoms with E-state index in [4.69, 9.17) is 43.7 Å². The summed E-state index contributed by atoms with van der Waals surface area (Å²) in [4.78, 5) is 70.7. The first-order valence-electron chi connectivity index (χ1n) is 24.8. The number of hydrogen-bond donors (Lipinski definition) is 6. The number of rotatable bonds is 23. The molecule has 6 aromatic rings. The van der Waals surface area contributed by atoms with Crippen LogP contribution in [0.2, 0.25) is 0 Å². The van der Waals surface area contributed by atoms with Crippen LogP contribution in [0, 0.1) is 0 Å². The number of Topliss-reactive ketones (excluding diaryl/α,β-unsaturated/α-hetero) is 1. The van der Waals surface area contributed by atoms with Crippen molar-refractivity contribution in [2.45, 2.75) is 56.7 Å². The molecule has 1 saturated heterocycles. The molecule has 4 amide bonds. The number of hydrogen-bond acceptors (Lipinski definition) is 21. The van der Waals surface area contributed by atoms with Crippen molar-refractivity contribution in [3.8, 4) is 28.7 Å². The number of aliphatic hydroxyl groups excluding tert-OH is 4. The molecule has 3 aliphatic rings. The highest BCUT2D eigenvalue weighted by Gasteiger charge is 2.45. The number of ether oxygens (including phenoxy) is 5. The molecule has 28 heteroatoms. The van der Waals surface area contributed by atoms with E-state index in [0.29, 0.717) is 33.3 Å². The summed E-state index contributed by atoms with van der Waals surface area (Å²) >= 11 is 6.55. The number of amides is 4. The lowest BCUT2D eigenvalue weighted by molar-refractivity contribution is -0.277. The summed E-state index contributed by atoms with van der Waals surface area (Å²) in [5.41, 5.74) is 1.62. The van der Waals surface area contributed by atoms with E-state index < -0.39 is 94.5 Å². The highest BCUT2D eigenvalue weighted by atomic mass is 35.5. The predicted octanol–water partition coefficient (Wildman–Crippen LogP) is 1.92. The molecular weight excluding hydrogens is 1090 g/mol. The highest BCUT2D eigenvalue weighted by Crippen LogP contribution is 2.48. The van der Waals surface area contributed by atoms with Crippen molar-refractivity contribution in [1.29, 1.82) is 0 Å². The standard InChI is InChI=1S/C52H54ClN7O19S/c1-27(62)34-16-29-17-37(54-36(29)20-39(34)63)51(70)60-23-30(22-53)46-35-19-32(73-3)5-6-33(35)41(21-38(46)60)78-80(71,72)79-42-18-28(4-7-40(42)76-52-49(68)48(67)47(66)43(25-61)77-52)50(69)57(2)10-13-74-14-11-58-24-31(55-56-58)26-75-15-12-59-44(64)8-9-45(59)65/h4-9,16-21,24,30,43,47-49,52,54,61,63,66-68H,10-15,22-23,25-26H2,1-3H3/t30-,43-,47+,48+,49-,52-/m1/s1. The number of carbonyl (C=O) groups is 5. The van der Waals surface area contributed by atoms with E-state index in [1.165, 1.54) is 84.1 Å². The zero-order valence-corrected chi connectivity index (χ0v) is 44.5. The molecule has 80 heavy (non-hydrogen) atoms. The van der Waals surface area contributed by atoms with Gasteiger partial charge in [0.05, 0.1) is 70.7 Å². The Labute approximate surface area is 460 Å². The monoisotopic (exact) mass is 1150 g/mol. The molecule has 0 radical (unpaired) electrons. The Morgan fingerprint density at radius 1 is 0.887 bits per heavy atom. The molecule has 424 valence electrons. The minimum absolute atomic E-state index is 0.0292. The molecule has 6 N–H and O–H groups in total. The second kappa shape index (κ2) is 23.9. The third-order valence-corrected chi connectivity index (χ3v) is 14.6. The van der Waals surface area contributed by atoms with E-state index in [2.05, 4.69) is 15.3 Å². The summed E-state index contributed by atoms with van der Waals surface area (Å²) in [7, 11) is -2.41. The fourth-order valence-electron chi connectivity index (χ4n) is 9.28. The van der Waals surface area contributed by atoms with Crippen molar-refractivity contribution in [3.05, 3.63) is 107 Å². The summed E-state index contributed by atoms with van der Waals surface area (Å²) in [6, 6.07) is 13.7. The van der Waals surface area contributed by atoms with Gasteiger partial charge in [-0.3, -0.25) is 28.9 Å². The van der Waals surface area contributed by atoms with Crippen LogP contribution in [-0.4, -0.2) is 190 Å². The number of H-pyrrole nitrogens is 1. The van der Waals surface area contributed by atoms with E-state index in [9.17, 15) is 57.9 Å². The first-order chi connectivity index (χ1) is 38.3. The second-order valence-electron chi connectivity index (χ2n) is 18.8. The summed E-state index contributed by atoms with van der Waals surface area (Å²) in [5, 5.41) is 61.3. The highest BCUT2D eigenvalue weighted by molar-refractivity contribution is 7.82. The number of aromatic amines is 1. The Kier molecular flexibility index (Phi) is 17.0. The van der Waals surface area contributed by atoms with Crippen LogP contribution in [0.15, 0.2) is 79.0 Å². The quantitative estimate of drug-likeness (QED) is 0.0231. The molecule has 4 aromatic carbocycles. The van der Waals surface area contributed by atoms with Gasteiger partial charge >= 0.3 is 10.4 Å². The van der Waals surface area contributed by atoms with Crippen molar-refractivity contribution in [2.24, 2.45) is 0 Å². The maximum absolute atomic E-state index is 14.5. The summed E-state index contributed by atoms with van der Waals surface area (Å²) < 4.78 is 69.6. The van der Waals surface area contributed by atoms with E-state index in [1.54, 1.807) is 18.3 Å². The number of aromatic nitrogens is 4. The topological polar surface area (TPSA) is 341 Å². The van der Waals surface area contributed by atoms with Gasteiger partial charge in [-0.05, 0) is 66.4 Å². The number of benzene rings is 4. The number of carbonyl (C=O) groups excluding carboxylic acids is 5. The van der Waals surface area contributed by atoms with Crippen molar-refractivity contribution >= 4 is 78.8 Å². The number of alkyl halides is 1. The number of phenols is 1. The normalized spacial score (nSPS) is 19.9. The molecular formula is C52H54ClN7O19S. The van der Waals surface area contributed by atoms with Crippen LogP contribution in [0.3, 0.4) is 0 Å². The first-order valence-corrected chi connectivity index (χ1v) is 26.6. The number of likely N-dealkylation sites (N-methyl/N-ethyl adjacent to an activating group) is 1. The van der Waals surface area contributed by atoms with Gasteiger partial charge in [0, 0.05) is 78.1 Å². The largest absolute Gasteiger partial charge is 0.507 e. The molecule has 0 unspecified atom stereocenters. The minimum Gasteiger partial charge on any atom is -0.507 e. The Hall–Kier alpha value is -7.73. The van der Waals surface area contributed by atoms with Gasteiger partial charge in [0.1, 0.15) is 47.3 Å². The van der Waals surface area contributed by atoms with Crippen LogP contribution in [0.1, 0.15) is 55.3 Å². The maximum Gasteiger partial charge on any atom is 0.501 e. The van der Waals surface area contributed by atoms with Crippen molar-refractivity contribution in [3.63, 3.8) is 0 Å². The molecule has 1 fully saturated rings. The predicted molar refractivity (Wildman–Crippen MR) is 280 cm³/mol. The Balaban J connectivity index is 0.931. The third kappa shape index (κ3) is 12.1. The average Bonchev–Trinajstić information content (AvgIpc) is 4.27. The Morgan fingerprint density at radius 3 is 2.36 bits per heavy atom. The molecule has 0 spiro atoms. The SMILES string of the molecule is COc1ccc2c(OS(=O)(=O)Oc3cc(C(=O)N(C)CCOCCn4cc(COCCN5C(=O)C=CC5=O)nn4)ccc3O[C@@H]3O[C@H](CO)[C@H](O)[C@H](O)[C@H]3O)cc3c(c2c1)[C@H](CCl)CN3C(=O)c1cc2cc(C(C)=O)c(O)cc2[nH]1. The summed E-state index contributed by atoms with van der Waals surface area (Å²) in [6.07, 6.45) is -4.81. The van der Waals surface area contributed by atoms with Crippen molar-refractivity contribution in [2.75, 3.05) is 71.0 Å². The lowest BCUT2D eigenvalue weighted by Crippen LogP contribution is -2.60. The average molecular weight is 1150 g/mol. The second-order valence-corrected chi connectivity index (χ2v) is 20.2. The zero-order valence-electron chi connectivity index (χ0n) is 43.0. The van der Waals surface area contributed by atoms with Gasteiger partial charge in [-0.2, -0.15) is 0 Å². The minimum atomic E-state index is -5.30. The van der Waals surface area contributed by atoms with Gasteiger partial charge in [-0.1, -0.05) is 5.21 Å². The number of aliphatic hydroxyl groups is 4. The van der Waals surface area contributed by atoms with Crippen LogP contribution < -0.4 is 22.7 Å². The molecule has 2 aromatic heterocycles. The van der Waals surface area contributed by atoms with Crippen LogP contribution in [0.5, 0.6) is 28.7 Å². The lowest BCUT2D eigenvalue weighted by atomic mass is 9.95.